The van der Waals surface area contributed by atoms with Crippen LogP contribution in [0.1, 0.15) is 18.3 Å². The molecule has 2 aromatic rings. The lowest BCUT2D eigenvalue weighted by molar-refractivity contribution is 0.294. The Morgan fingerprint density at radius 3 is 2.76 bits per heavy atom. The average molecular weight is 289 g/mol. The maximum atomic E-state index is 5.86. The summed E-state index contributed by atoms with van der Waals surface area (Å²) in [4.78, 5) is 4.28. The zero-order chi connectivity index (χ0) is 15.2. The van der Waals surface area contributed by atoms with Crippen LogP contribution in [0.25, 0.3) is 0 Å². The summed E-state index contributed by atoms with van der Waals surface area (Å²) in [5.41, 5.74) is 6.99. The Morgan fingerprint density at radius 1 is 1.33 bits per heavy atom. The minimum absolute atomic E-state index is 0.124. The summed E-state index contributed by atoms with van der Waals surface area (Å²) < 4.78 is 13.2. The molecule has 5 heteroatoms. The number of aromatic nitrogens is 2. The van der Waals surface area contributed by atoms with Crippen molar-refractivity contribution in [1.29, 1.82) is 0 Å². The highest BCUT2D eigenvalue weighted by Gasteiger charge is 2.08. The molecule has 1 atom stereocenters. The van der Waals surface area contributed by atoms with Crippen LogP contribution < -0.4 is 15.2 Å². The molecule has 0 saturated carbocycles. The Morgan fingerprint density at radius 2 is 2.14 bits per heavy atom. The first-order valence-electron chi connectivity index (χ1n) is 7.11. The first-order valence-corrected chi connectivity index (χ1v) is 7.11. The summed E-state index contributed by atoms with van der Waals surface area (Å²) in [5, 5.41) is 0. The fourth-order valence-electron chi connectivity index (χ4n) is 2.22. The lowest BCUT2D eigenvalue weighted by Gasteiger charge is -2.13. The van der Waals surface area contributed by atoms with E-state index in [0.29, 0.717) is 6.61 Å². The van der Waals surface area contributed by atoms with Crippen molar-refractivity contribution in [2.45, 2.75) is 25.8 Å². The van der Waals surface area contributed by atoms with Crippen LogP contribution in [0.2, 0.25) is 0 Å². The molecule has 0 amide bonds. The normalized spacial score (nSPS) is 12.2. The maximum Gasteiger partial charge on any atom is 0.161 e. The number of methoxy groups -OCH3 is 1. The van der Waals surface area contributed by atoms with Gasteiger partial charge in [-0.15, -0.1) is 0 Å². The van der Waals surface area contributed by atoms with Gasteiger partial charge in [0.2, 0.25) is 0 Å². The summed E-state index contributed by atoms with van der Waals surface area (Å²) in [6, 6.07) is 6.07. The lowest BCUT2D eigenvalue weighted by Crippen LogP contribution is -2.17. The summed E-state index contributed by atoms with van der Waals surface area (Å²) in [6.45, 7) is 2.55. The molecule has 5 nitrogen and oxygen atoms in total. The van der Waals surface area contributed by atoms with E-state index in [0.717, 1.165) is 35.7 Å². The van der Waals surface area contributed by atoms with E-state index in [1.54, 1.807) is 13.3 Å². The van der Waals surface area contributed by atoms with Gasteiger partial charge in [0.05, 0.1) is 13.7 Å². The summed E-state index contributed by atoms with van der Waals surface area (Å²) in [7, 11) is 3.62. The van der Waals surface area contributed by atoms with Crippen molar-refractivity contribution in [3.63, 3.8) is 0 Å². The van der Waals surface area contributed by atoms with Crippen LogP contribution >= 0.6 is 0 Å². The molecule has 0 spiro atoms. The SMILES string of the molecule is COc1ccc(CC(C)N)cc1OCCc1nccn1C. The zero-order valence-electron chi connectivity index (χ0n) is 12.9. The van der Waals surface area contributed by atoms with Crippen LogP contribution in [-0.4, -0.2) is 29.3 Å². The van der Waals surface area contributed by atoms with E-state index in [9.17, 15) is 0 Å². The maximum absolute atomic E-state index is 5.86. The number of nitrogens with two attached hydrogens (primary N) is 1. The largest absolute Gasteiger partial charge is 0.493 e. The van der Waals surface area contributed by atoms with Crippen molar-refractivity contribution in [3.8, 4) is 11.5 Å². The topological polar surface area (TPSA) is 62.3 Å². The number of hydrogen-bond acceptors (Lipinski definition) is 4. The van der Waals surface area contributed by atoms with Crippen LogP contribution in [0.15, 0.2) is 30.6 Å². The van der Waals surface area contributed by atoms with Gasteiger partial charge in [-0.1, -0.05) is 6.07 Å². The predicted molar refractivity (Wildman–Crippen MR) is 82.8 cm³/mol. The molecule has 1 aromatic carbocycles. The van der Waals surface area contributed by atoms with E-state index in [1.165, 1.54) is 0 Å². The fourth-order valence-corrected chi connectivity index (χ4v) is 2.22. The number of rotatable bonds is 7. The molecule has 1 heterocycles. The molecule has 114 valence electrons. The standard InChI is InChI=1S/C16H23N3O2/c1-12(17)10-13-4-5-14(20-3)15(11-13)21-9-6-16-18-7-8-19(16)2/h4-5,7-8,11-12H,6,9-10,17H2,1-3H3. The second-order valence-corrected chi connectivity index (χ2v) is 5.22. The molecule has 0 bridgehead atoms. The van der Waals surface area contributed by atoms with Gasteiger partial charge in [-0.3, -0.25) is 0 Å². The first-order chi connectivity index (χ1) is 10.1. The van der Waals surface area contributed by atoms with Crippen molar-refractivity contribution in [1.82, 2.24) is 9.55 Å². The van der Waals surface area contributed by atoms with Crippen molar-refractivity contribution in [3.05, 3.63) is 42.0 Å². The minimum Gasteiger partial charge on any atom is -0.493 e. The Labute approximate surface area is 125 Å². The molecule has 0 saturated heterocycles. The Bertz CT molecular complexity index is 579. The number of aryl methyl sites for hydroxylation is 1. The van der Waals surface area contributed by atoms with Gasteiger partial charge in [0, 0.05) is 31.9 Å². The van der Waals surface area contributed by atoms with Gasteiger partial charge in [0.25, 0.3) is 0 Å². The third kappa shape index (κ3) is 4.23. The number of nitrogens with zero attached hydrogens (tertiary/aromatic N) is 2. The molecule has 0 radical (unpaired) electrons. The molecular weight excluding hydrogens is 266 g/mol. The molecule has 2 rings (SSSR count). The molecule has 0 aliphatic carbocycles. The molecule has 0 aliphatic heterocycles. The highest BCUT2D eigenvalue weighted by molar-refractivity contribution is 5.43. The smallest absolute Gasteiger partial charge is 0.161 e. The summed E-state index contributed by atoms with van der Waals surface area (Å²) >= 11 is 0. The number of ether oxygens (including phenoxy) is 2. The number of benzene rings is 1. The van der Waals surface area contributed by atoms with E-state index in [1.807, 2.05) is 42.9 Å². The predicted octanol–water partition coefficient (Wildman–Crippen LogP) is 1.94. The fraction of sp³-hybridized carbons (Fsp3) is 0.438. The van der Waals surface area contributed by atoms with Crippen molar-refractivity contribution >= 4 is 0 Å². The zero-order valence-corrected chi connectivity index (χ0v) is 12.9. The van der Waals surface area contributed by atoms with E-state index >= 15 is 0 Å². The molecular formula is C16H23N3O2. The van der Waals surface area contributed by atoms with Gasteiger partial charge < -0.3 is 19.8 Å². The van der Waals surface area contributed by atoms with Crippen LogP contribution in [0, 0.1) is 0 Å². The highest BCUT2D eigenvalue weighted by atomic mass is 16.5. The molecule has 0 fully saturated rings. The van der Waals surface area contributed by atoms with E-state index in [-0.39, 0.29) is 6.04 Å². The molecule has 2 N–H and O–H groups in total. The Kier molecular flexibility index (Phi) is 5.22. The highest BCUT2D eigenvalue weighted by Crippen LogP contribution is 2.28. The second-order valence-electron chi connectivity index (χ2n) is 5.22. The van der Waals surface area contributed by atoms with Gasteiger partial charge in [-0.2, -0.15) is 0 Å². The molecule has 1 unspecified atom stereocenters. The van der Waals surface area contributed by atoms with E-state index in [4.69, 9.17) is 15.2 Å². The quantitative estimate of drug-likeness (QED) is 0.846. The lowest BCUT2D eigenvalue weighted by atomic mass is 10.1. The monoisotopic (exact) mass is 289 g/mol. The number of imidazole rings is 1. The van der Waals surface area contributed by atoms with Crippen LogP contribution in [0.5, 0.6) is 11.5 Å². The van der Waals surface area contributed by atoms with Gasteiger partial charge in [-0.05, 0) is 31.0 Å². The summed E-state index contributed by atoms with van der Waals surface area (Å²) in [5.74, 6) is 2.49. The van der Waals surface area contributed by atoms with Gasteiger partial charge in [-0.25, -0.2) is 4.98 Å². The van der Waals surface area contributed by atoms with Crippen LogP contribution in [0.3, 0.4) is 0 Å². The third-order valence-corrected chi connectivity index (χ3v) is 3.29. The van der Waals surface area contributed by atoms with Gasteiger partial charge in [0.15, 0.2) is 11.5 Å². The van der Waals surface area contributed by atoms with Gasteiger partial charge in [0.1, 0.15) is 5.82 Å². The average Bonchev–Trinajstić information content (AvgIpc) is 2.84. The molecule has 1 aromatic heterocycles. The Hall–Kier alpha value is -2.01. The first kappa shape index (κ1) is 15.4. The van der Waals surface area contributed by atoms with E-state index in [2.05, 4.69) is 4.98 Å². The van der Waals surface area contributed by atoms with Crippen LogP contribution in [-0.2, 0) is 19.9 Å². The second kappa shape index (κ2) is 7.13. The van der Waals surface area contributed by atoms with Crippen LogP contribution in [0.4, 0.5) is 0 Å². The minimum atomic E-state index is 0.124. The number of hydrogen-bond donors (Lipinski definition) is 1. The van der Waals surface area contributed by atoms with Crippen molar-refractivity contribution in [2.24, 2.45) is 12.8 Å². The summed E-state index contributed by atoms with van der Waals surface area (Å²) in [6.07, 6.45) is 5.29. The molecule has 21 heavy (non-hydrogen) atoms. The van der Waals surface area contributed by atoms with Gasteiger partial charge >= 0.3 is 0 Å². The van der Waals surface area contributed by atoms with Crippen molar-refractivity contribution < 1.29 is 9.47 Å². The molecule has 0 aliphatic rings. The Balaban J connectivity index is 2.01. The van der Waals surface area contributed by atoms with E-state index < -0.39 is 0 Å². The third-order valence-electron chi connectivity index (χ3n) is 3.29. The van der Waals surface area contributed by atoms with Crippen molar-refractivity contribution in [2.75, 3.05) is 13.7 Å².